The summed E-state index contributed by atoms with van der Waals surface area (Å²) in [7, 11) is 0. The molecule has 0 saturated heterocycles. The fraction of sp³-hybridized carbons (Fsp3) is 0.130. The molecule has 3 aromatic rings. The highest BCUT2D eigenvalue weighted by Gasteiger charge is 2.28. The number of nitrogens with one attached hydrogen (secondary N) is 1. The normalized spacial score (nSPS) is 11.8. The first-order valence-corrected chi connectivity index (χ1v) is 9.77. The van der Waals surface area contributed by atoms with Crippen LogP contribution in [0.25, 0.3) is 11.1 Å². The number of hydrogen-bond acceptors (Lipinski definition) is 3. The molecule has 1 aliphatic rings. The number of rotatable bonds is 3. The van der Waals surface area contributed by atoms with Gasteiger partial charge in [-0.1, -0.05) is 83.6 Å². The molecule has 0 fully saturated rings. The maximum Gasteiger partial charge on any atom is 0.407 e. The number of nitrogens with zero attached hydrogens (tertiary/aromatic N) is 1. The summed E-state index contributed by atoms with van der Waals surface area (Å²) < 4.78 is 5.46. The van der Waals surface area contributed by atoms with E-state index in [0.29, 0.717) is 15.6 Å². The van der Waals surface area contributed by atoms with Gasteiger partial charge in [-0.3, -0.25) is 4.98 Å². The van der Waals surface area contributed by atoms with E-state index in [0.717, 1.165) is 0 Å². The second-order valence-electron chi connectivity index (χ2n) is 6.46. The van der Waals surface area contributed by atoms with E-state index >= 15 is 0 Å². The van der Waals surface area contributed by atoms with Crippen LogP contribution in [-0.4, -0.2) is 24.2 Å². The van der Waals surface area contributed by atoms with Crippen LogP contribution in [0.15, 0.2) is 60.9 Å². The number of amides is 1. The lowest BCUT2D eigenvalue weighted by Gasteiger charge is -2.14. The highest BCUT2D eigenvalue weighted by Crippen LogP contribution is 2.44. The molecule has 1 heterocycles. The monoisotopic (exact) mass is 422 g/mol. The molecule has 0 bridgehead atoms. The van der Waals surface area contributed by atoms with Crippen molar-refractivity contribution >= 4 is 29.3 Å². The molecule has 6 heteroatoms. The summed E-state index contributed by atoms with van der Waals surface area (Å²) in [5, 5.41) is 3.36. The van der Waals surface area contributed by atoms with Crippen LogP contribution in [0.3, 0.4) is 0 Å². The first-order valence-electron chi connectivity index (χ1n) is 9.02. The Bertz CT molecular complexity index is 1070. The van der Waals surface area contributed by atoms with Crippen molar-refractivity contribution in [2.75, 3.05) is 13.2 Å². The summed E-state index contributed by atoms with van der Waals surface area (Å²) in [6.45, 7) is 0.376. The number of fused-ring (bicyclic) bond motifs is 3. The molecule has 1 amide bonds. The highest BCUT2D eigenvalue weighted by molar-refractivity contribution is 6.36. The van der Waals surface area contributed by atoms with E-state index < -0.39 is 6.09 Å². The maximum absolute atomic E-state index is 12.1. The van der Waals surface area contributed by atoms with Gasteiger partial charge in [-0.15, -0.1) is 0 Å². The van der Waals surface area contributed by atoms with Gasteiger partial charge in [0, 0.05) is 18.3 Å². The lowest BCUT2D eigenvalue weighted by molar-refractivity contribution is 0.144. The largest absolute Gasteiger partial charge is 0.449 e. The van der Waals surface area contributed by atoms with E-state index in [1.54, 1.807) is 0 Å². The van der Waals surface area contributed by atoms with Crippen molar-refractivity contribution in [1.82, 2.24) is 10.3 Å². The van der Waals surface area contributed by atoms with Gasteiger partial charge in [-0.05, 0) is 22.3 Å². The number of aromatic nitrogens is 1. The summed E-state index contributed by atoms with van der Waals surface area (Å²) in [6, 6.07) is 16.4. The third-order valence-electron chi connectivity index (χ3n) is 4.73. The zero-order valence-electron chi connectivity index (χ0n) is 15.3. The Hall–Kier alpha value is -3.00. The third kappa shape index (κ3) is 4.07. The fourth-order valence-corrected chi connectivity index (χ4v) is 3.89. The van der Waals surface area contributed by atoms with Crippen LogP contribution in [-0.2, 0) is 4.74 Å². The first kappa shape index (κ1) is 19.3. The molecular formula is C23H16Cl2N2O2. The summed E-state index contributed by atoms with van der Waals surface area (Å²) in [5.41, 5.74) is 5.20. The van der Waals surface area contributed by atoms with Gasteiger partial charge in [-0.25, -0.2) is 4.79 Å². The van der Waals surface area contributed by atoms with Crippen molar-refractivity contribution in [3.63, 3.8) is 0 Å². The van der Waals surface area contributed by atoms with Gasteiger partial charge < -0.3 is 10.1 Å². The maximum atomic E-state index is 12.1. The Balaban J connectivity index is 1.37. The van der Waals surface area contributed by atoms with Gasteiger partial charge in [0.1, 0.15) is 6.61 Å². The highest BCUT2D eigenvalue weighted by atomic mass is 35.5. The van der Waals surface area contributed by atoms with Crippen LogP contribution in [0.5, 0.6) is 0 Å². The average Bonchev–Trinajstić information content (AvgIpc) is 3.05. The molecule has 4 nitrogen and oxygen atoms in total. The quantitative estimate of drug-likeness (QED) is 0.584. The van der Waals surface area contributed by atoms with E-state index in [2.05, 4.69) is 46.4 Å². The minimum absolute atomic E-state index is 0.0219. The number of pyridine rings is 1. The first-order chi connectivity index (χ1) is 14.1. The number of carbonyl (C=O) groups is 1. The summed E-state index contributed by atoms with van der Waals surface area (Å²) in [4.78, 5) is 16.0. The summed E-state index contributed by atoms with van der Waals surface area (Å²) >= 11 is 12.0. The molecule has 0 aliphatic heterocycles. The molecule has 1 N–H and O–H groups in total. The number of hydrogen-bond donors (Lipinski definition) is 1. The Morgan fingerprint density at radius 3 is 2.21 bits per heavy atom. The second kappa shape index (κ2) is 8.57. The minimum Gasteiger partial charge on any atom is -0.449 e. The fourth-order valence-electron chi connectivity index (χ4n) is 3.43. The van der Waals surface area contributed by atoms with E-state index in [-0.39, 0.29) is 19.1 Å². The van der Waals surface area contributed by atoms with E-state index in [9.17, 15) is 4.79 Å². The zero-order valence-corrected chi connectivity index (χ0v) is 16.8. The van der Waals surface area contributed by atoms with E-state index in [4.69, 9.17) is 27.9 Å². The van der Waals surface area contributed by atoms with Gasteiger partial charge in [-0.2, -0.15) is 0 Å². The number of alkyl carbamates (subject to hydrolysis) is 1. The van der Waals surface area contributed by atoms with Crippen molar-refractivity contribution in [3.05, 3.63) is 87.7 Å². The van der Waals surface area contributed by atoms with Gasteiger partial charge in [0.25, 0.3) is 0 Å². The summed E-state index contributed by atoms with van der Waals surface area (Å²) in [5.74, 6) is 5.67. The van der Waals surface area contributed by atoms with Crippen LogP contribution in [0, 0.1) is 11.8 Å². The minimum atomic E-state index is -0.520. The second-order valence-corrected chi connectivity index (χ2v) is 7.27. The van der Waals surface area contributed by atoms with Crippen LogP contribution >= 0.6 is 23.2 Å². The Labute approximate surface area is 178 Å². The topological polar surface area (TPSA) is 51.2 Å². The number of carbonyl (C=O) groups excluding carboxylic acids is 1. The standard InChI is InChI=1S/C23H16Cl2N2O2/c24-21-12-26-13-22(25)19(21)10-5-11-27-23(28)29-14-20-17-8-3-1-6-15(17)16-7-2-4-9-18(16)20/h1-4,6-9,12-13,20H,11,14H2,(H,27,28). The number of benzene rings is 2. The Kier molecular flexibility index (Phi) is 5.71. The number of ether oxygens (including phenoxy) is 1. The van der Waals surface area contributed by atoms with Gasteiger partial charge in [0.05, 0.1) is 22.2 Å². The molecule has 144 valence electrons. The molecule has 0 unspecified atom stereocenters. The van der Waals surface area contributed by atoms with E-state index in [1.165, 1.54) is 34.6 Å². The third-order valence-corrected chi connectivity index (χ3v) is 5.30. The molecule has 0 radical (unpaired) electrons. The van der Waals surface area contributed by atoms with Crippen molar-refractivity contribution in [3.8, 4) is 23.0 Å². The van der Waals surface area contributed by atoms with Crippen LogP contribution in [0.4, 0.5) is 4.79 Å². The lowest BCUT2D eigenvalue weighted by atomic mass is 9.98. The molecule has 1 aromatic heterocycles. The molecule has 0 saturated carbocycles. The van der Waals surface area contributed by atoms with Gasteiger partial charge in [0.2, 0.25) is 0 Å². The lowest BCUT2D eigenvalue weighted by Crippen LogP contribution is -2.26. The van der Waals surface area contributed by atoms with Crippen LogP contribution in [0.1, 0.15) is 22.6 Å². The van der Waals surface area contributed by atoms with Crippen LogP contribution < -0.4 is 5.32 Å². The van der Waals surface area contributed by atoms with Gasteiger partial charge in [0.15, 0.2) is 0 Å². The SMILES string of the molecule is O=C(NCC#Cc1c(Cl)cncc1Cl)OCC1c2ccccc2-c2ccccc21. The van der Waals surface area contributed by atoms with Crippen molar-refractivity contribution < 1.29 is 9.53 Å². The predicted molar refractivity (Wildman–Crippen MR) is 114 cm³/mol. The molecule has 4 rings (SSSR count). The summed E-state index contributed by atoms with van der Waals surface area (Å²) in [6.07, 6.45) is 2.42. The predicted octanol–water partition coefficient (Wildman–Crippen LogP) is 5.28. The Morgan fingerprint density at radius 1 is 1.00 bits per heavy atom. The van der Waals surface area contributed by atoms with E-state index in [1.807, 2.05) is 24.3 Å². The van der Waals surface area contributed by atoms with Crippen molar-refractivity contribution in [2.24, 2.45) is 0 Å². The number of halogens is 2. The molecule has 29 heavy (non-hydrogen) atoms. The molecular weight excluding hydrogens is 407 g/mol. The molecule has 1 aliphatic carbocycles. The molecule has 2 aromatic carbocycles. The zero-order chi connectivity index (χ0) is 20.2. The van der Waals surface area contributed by atoms with Crippen LogP contribution in [0.2, 0.25) is 10.0 Å². The molecule has 0 atom stereocenters. The van der Waals surface area contributed by atoms with Gasteiger partial charge >= 0.3 is 6.09 Å². The van der Waals surface area contributed by atoms with Crippen molar-refractivity contribution in [1.29, 1.82) is 0 Å². The average molecular weight is 423 g/mol. The van der Waals surface area contributed by atoms with Crippen molar-refractivity contribution in [2.45, 2.75) is 5.92 Å². The molecule has 0 spiro atoms. The smallest absolute Gasteiger partial charge is 0.407 e. The Morgan fingerprint density at radius 2 is 1.59 bits per heavy atom.